The lowest BCUT2D eigenvalue weighted by Gasteiger charge is -2.49. The van der Waals surface area contributed by atoms with Crippen molar-refractivity contribution in [2.45, 2.75) is 22.5 Å². The maximum atomic E-state index is 13.4. The van der Waals surface area contributed by atoms with Crippen LogP contribution in [0.4, 0.5) is 16.9 Å². The van der Waals surface area contributed by atoms with E-state index in [1.165, 1.54) is 29.3 Å². The van der Waals surface area contributed by atoms with Crippen molar-refractivity contribution >= 4 is 81.2 Å². The SMILES string of the molecule is Nc1cc(SCC2=C(C(=O)O)N3C(=O)C(NC(=O)/C(=N\O[C@H](C(=O)O)c4ccc(O)c(O)c4)c4csc(N)n4)[C@H]3SC2)nc(N)n1. The molecular weight excluding hydrogens is 667 g/mol. The van der Waals surface area contributed by atoms with E-state index in [-0.39, 0.29) is 45.4 Å². The second kappa shape index (κ2) is 13.0. The second-order valence-electron chi connectivity index (χ2n) is 9.48. The van der Waals surface area contributed by atoms with Gasteiger partial charge >= 0.3 is 11.9 Å². The molecule has 1 aromatic carbocycles. The van der Waals surface area contributed by atoms with Crippen LogP contribution >= 0.6 is 34.9 Å². The fraction of sp³-hybridized carbons (Fsp3) is 0.200. The van der Waals surface area contributed by atoms with Crippen molar-refractivity contribution < 1.29 is 44.4 Å². The molecule has 3 aromatic rings. The lowest BCUT2D eigenvalue weighted by atomic mass is 10.0. The number of rotatable bonds is 11. The van der Waals surface area contributed by atoms with Crippen molar-refractivity contribution in [3.05, 3.63) is 52.2 Å². The highest BCUT2D eigenvalue weighted by molar-refractivity contribution is 8.01. The summed E-state index contributed by atoms with van der Waals surface area (Å²) in [4.78, 5) is 68.9. The number of β-lactam (4-membered cyclic amide) rings is 1. The number of anilines is 3. The van der Waals surface area contributed by atoms with Crippen molar-refractivity contribution in [3.8, 4) is 11.5 Å². The predicted octanol–water partition coefficient (Wildman–Crippen LogP) is 0.168. The topological polar surface area (TPSA) is 303 Å². The van der Waals surface area contributed by atoms with Gasteiger partial charge in [-0.3, -0.25) is 14.5 Å². The Morgan fingerprint density at radius 2 is 1.89 bits per heavy atom. The van der Waals surface area contributed by atoms with Gasteiger partial charge in [-0.1, -0.05) is 11.2 Å². The van der Waals surface area contributed by atoms with Crippen LogP contribution in [0, 0.1) is 0 Å². The third-order valence-corrected chi connectivity index (χ3v) is 9.44. The number of nitrogens with zero attached hydrogens (tertiary/aromatic N) is 5. The lowest BCUT2D eigenvalue weighted by molar-refractivity contribution is -0.151. The van der Waals surface area contributed by atoms with Crippen molar-refractivity contribution in [1.82, 2.24) is 25.2 Å². The number of fused-ring (bicyclic) bond motifs is 1. The molecule has 2 aliphatic heterocycles. The van der Waals surface area contributed by atoms with Gasteiger partial charge in [0, 0.05) is 28.5 Å². The van der Waals surface area contributed by atoms with Gasteiger partial charge in [-0.05, 0) is 17.7 Å². The van der Waals surface area contributed by atoms with Gasteiger partial charge in [-0.25, -0.2) is 19.6 Å². The van der Waals surface area contributed by atoms with Crippen LogP contribution in [0.25, 0.3) is 0 Å². The molecule has 2 aliphatic rings. The van der Waals surface area contributed by atoms with E-state index in [1.54, 1.807) is 0 Å². The molecule has 1 unspecified atom stereocenters. The molecule has 2 aromatic heterocycles. The number of oxime groups is 1. The number of aliphatic carboxylic acids is 2. The van der Waals surface area contributed by atoms with Crippen LogP contribution in [0.2, 0.25) is 0 Å². The Bertz CT molecular complexity index is 1800. The summed E-state index contributed by atoms with van der Waals surface area (Å²) in [5, 5.41) is 46.3. The van der Waals surface area contributed by atoms with Gasteiger partial charge in [0.2, 0.25) is 12.1 Å². The lowest BCUT2D eigenvalue weighted by Crippen LogP contribution is -2.71. The maximum Gasteiger partial charge on any atom is 0.352 e. The molecule has 0 radical (unpaired) electrons. The third kappa shape index (κ3) is 6.55. The van der Waals surface area contributed by atoms with Crippen molar-refractivity contribution in [1.29, 1.82) is 0 Å². The summed E-state index contributed by atoms with van der Waals surface area (Å²) in [5.74, 6) is -5.22. The zero-order valence-electron chi connectivity index (χ0n) is 23.1. The minimum absolute atomic E-state index is 0.0451. The second-order valence-corrected chi connectivity index (χ2v) is 12.5. The molecule has 0 bridgehead atoms. The third-order valence-electron chi connectivity index (χ3n) is 6.43. The van der Waals surface area contributed by atoms with Gasteiger partial charge in [0.05, 0.1) is 0 Å². The Balaban J connectivity index is 1.35. The molecule has 0 aliphatic carbocycles. The van der Waals surface area contributed by atoms with Crippen molar-refractivity contribution in [2.75, 3.05) is 28.7 Å². The van der Waals surface area contributed by atoms with Gasteiger partial charge < -0.3 is 47.8 Å². The Morgan fingerprint density at radius 3 is 2.52 bits per heavy atom. The maximum absolute atomic E-state index is 13.4. The fourth-order valence-corrected chi connectivity index (χ4v) is 7.30. The number of amides is 2. The molecule has 3 atom stereocenters. The number of thioether (sulfide) groups is 2. The first-order valence-electron chi connectivity index (χ1n) is 12.8. The smallest absolute Gasteiger partial charge is 0.352 e. The number of aromatic nitrogens is 3. The predicted molar refractivity (Wildman–Crippen MR) is 166 cm³/mol. The fourth-order valence-electron chi connectivity index (χ4n) is 4.36. The molecule has 1 fully saturated rings. The van der Waals surface area contributed by atoms with Gasteiger partial charge in [-0.2, -0.15) is 4.98 Å². The zero-order chi connectivity index (χ0) is 33.3. The largest absolute Gasteiger partial charge is 0.504 e. The number of benzene rings is 1. The minimum atomic E-state index is -1.82. The first-order chi connectivity index (χ1) is 21.8. The highest BCUT2D eigenvalue weighted by Crippen LogP contribution is 2.41. The van der Waals surface area contributed by atoms with E-state index in [0.29, 0.717) is 10.6 Å². The average Bonchev–Trinajstić information content (AvgIpc) is 3.42. The van der Waals surface area contributed by atoms with Crippen LogP contribution in [0.15, 0.2) is 51.1 Å². The van der Waals surface area contributed by atoms with E-state index in [9.17, 15) is 39.6 Å². The van der Waals surface area contributed by atoms with E-state index in [1.807, 2.05) is 0 Å². The number of aromatic hydroxyl groups is 2. The Morgan fingerprint density at radius 1 is 1.13 bits per heavy atom. The summed E-state index contributed by atoms with van der Waals surface area (Å²) in [6.07, 6.45) is -1.82. The minimum Gasteiger partial charge on any atom is -0.504 e. The normalized spacial score (nSPS) is 18.4. The van der Waals surface area contributed by atoms with Crippen LogP contribution in [0.5, 0.6) is 11.5 Å². The molecule has 4 heterocycles. The molecule has 1 saturated heterocycles. The highest BCUT2D eigenvalue weighted by Gasteiger charge is 2.54. The number of carbonyl (C=O) groups is 4. The van der Waals surface area contributed by atoms with Crippen molar-refractivity contribution in [3.63, 3.8) is 0 Å². The Hall–Kier alpha value is -5.28. The standard InChI is InChI=1S/C25H23N9O9S3/c26-13-4-14(31-24(27)30-13)44-5-9-6-45-21-16(20(38)34(21)17(9)22(39)40)32-19(37)15(10-7-46-25(28)29-10)33-43-18(23(41)42)8-1-2-11(35)12(36)3-8/h1-4,7,16,18,21,35-36H,5-6H2,(H2,28,29)(H,32,37)(H,39,40)(H,41,42)(H4,26,27,30,31)/b33-15-/t16?,18-,21+/m0/s1. The molecule has 240 valence electrons. The zero-order valence-corrected chi connectivity index (χ0v) is 25.5. The summed E-state index contributed by atoms with van der Waals surface area (Å²) < 4.78 is 0. The number of carboxylic acid groups (broad SMARTS) is 2. The molecule has 11 N–H and O–H groups in total. The van der Waals surface area contributed by atoms with Crippen LogP contribution in [0.1, 0.15) is 17.4 Å². The van der Waals surface area contributed by atoms with E-state index in [0.717, 1.165) is 40.1 Å². The molecule has 0 spiro atoms. The van der Waals surface area contributed by atoms with Gasteiger partial charge in [0.1, 0.15) is 33.7 Å². The quantitative estimate of drug-likeness (QED) is 0.0332. The summed E-state index contributed by atoms with van der Waals surface area (Å²) in [6.45, 7) is 0. The first kappa shape index (κ1) is 32.1. The average molecular weight is 690 g/mol. The Labute approximate surface area is 270 Å². The summed E-state index contributed by atoms with van der Waals surface area (Å²) >= 11 is 3.34. The number of carbonyl (C=O) groups excluding carboxylic acids is 2. The van der Waals surface area contributed by atoms with Crippen molar-refractivity contribution in [2.24, 2.45) is 5.16 Å². The van der Waals surface area contributed by atoms with Crippen LogP contribution in [0.3, 0.4) is 0 Å². The summed E-state index contributed by atoms with van der Waals surface area (Å²) in [6, 6.07) is 3.47. The first-order valence-corrected chi connectivity index (χ1v) is 15.7. The molecule has 21 heteroatoms. The molecule has 2 amide bonds. The Kier molecular flexibility index (Phi) is 9.07. The van der Waals surface area contributed by atoms with Crippen LogP contribution < -0.4 is 22.5 Å². The van der Waals surface area contributed by atoms with Gasteiger partial charge in [0.25, 0.3) is 11.8 Å². The number of thiazole rings is 1. The monoisotopic (exact) mass is 689 g/mol. The van der Waals surface area contributed by atoms with Gasteiger partial charge in [-0.15, -0.1) is 34.9 Å². The molecular formula is C25H23N9O9S3. The molecule has 18 nitrogen and oxygen atoms in total. The number of hydrogen-bond acceptors (Lipinski definition) is 17. The number of nitrogen functional groups attached to an aromatic ring is 3. The van der Waals surface area contributed by atoms with E-state index in [2.05, 4.69) is 25.4 Å². The molecule has 46 heavy (non-hydrogen) atoms. The summed E-state index contributed by atoms with van der Waals surface area (Å²) in [7, 11) is 0. The number of nitrogens with one attached hydrogen (secondary N) is 1. The number of nitrogens with two attached hydrogens (primary N) is 3. The van der Waals surface area contributed by atoms with E-state index < -0.39 is 58.5 Å². The number of phenolic OH excluding ortho intramolecular Hbond substituents is 2. The van der Waals surface area contributed by atoms with Crippen LogP contribution in [-0.2, 0) is 24.0 Å². The number of carboxylic acids is 2. The molecule has 5 rings (SSSR count). The van der Waals surface area contributed by atoms with Crippen LogP contribution in [-0.4, -0.2) is 92.7 Å². The highest BCUT2D eigenvalue weighted by atomic mass is 32.2. The van der Waals surface area contributed by atoms with Gasteiger partial charge in [0.15, 0.2) is 22.3 Å². The molecule has 0 saturated carbocycles. The number of phenols is 2. The van der Waals surface area contributed by atoms with E-state index in [4.69, 9.17) is 22.0 Å². The number of hydrogen-bond donors (Lipinski definition) is 8. The summed E-state index contributed by atoms with van der Waals surface area (Å²) in [5.41, 5.74) is 16.5. The van der Waals surface area contributed by atoms with E-state index >= 15 is 0 Å².